The fourth-order valence-electron chi connectivity index (χ4n) is 1.20. The van der Waals surface area contributed by atoms with Crippen LogP contribution in [0.2, 0.25) is 0 Å². The Hall–Kier alpha value is -1.31. The lowest BCUT2D eigenvalue weighted by molar-refractivity contribution is -0.730. The van der Waals surface area contributed by atoms with E-state index in [4.69, 9.17) is 0 Å². The zero-order chi connectivity index (χ0) is 12.6. The Bertz CT molecular complexity index is 502. The van der Waals surface area contributed by atoms with E-state index in [1.807, 2.05) is 0 Å². The maximum atomic E-state index is 12.4. The summed E-state index contributed by atoms with van der Waals surface area (Å²) < 4.78 is 61.5. The van der Waals surface area contributed by atoms with Gasteiger partial charge in [-0.15, -0.1) is 0 Å². The van der Waals surface area contributed by atoms with Gasteiger partial charge in [0.05, 0.1) is 12.7 Å². The first-order valence-corrected chi connectivity index (χ1v) is 5.78. The molecule has 90 valence electrons. The minimum Gasteiger partial charge on any atom is -0.220 e. The zero-order valence-corrected chi connectivity index (χ0v) is 9.22. The van der Waals surface area contributed by atoms with Crippen LogP contribution in [-0.2, 0) is 16.4 Å². The molecule has 0 saturated carbocycles. The molecule has 0 aliphatic carbocycles. The number of nitrogens with zero attached hydrogens (tertiary/aromatic N) is 2. The molecule has 0 amide bonds. The molecule has 0 aliphatic heterocycles. The van der Waals surface area contributed by atoms with Crippen LogP contribution in [0.25, 0.3) is 6.20 Å². The molecule has 0 N–H and O–H groups in total. The van der Waals surface area contributed by atoms with E-state index < -0.39 is 20.5 Å². The molecule has 0 spiro atoms. The summed E-state index contributed by atoms with van der Waals surface area (Å²) in [6, 6.07) is 0. The number of rotatable bonds is 3. The number of aryl methyl sites for hydroxylation is 1. The topological polar surface area (TPSA) is 43.0 Å². The van der Waals surface area contributed by atoms with Gasteiger partial charge in [-0.2, -0.15) is 17.7 Å². The third kappa shape index (κ3) is 1.84. The lowest BCUT2D eigenvalue weighted by Crippen LogP contribution is -2.41. The molecular formula is C8H10F3N2O2S+. The third-order valence-electron chi connectivity index (χ3n) is 1.96. The van der Waals surface area contributed by atoms with E-state index in [2.05, 4.69) is 6.58 Å². The van der Waals surface area contributed by atoms with E-state index in [-0.39, 0.29) is 6.54 Å². The number of aromatic nitrogens is 2. The van der Waals surface area contributed by atoms with Crippen LogP contribution in [0.1, 0.15) is 6.92 Å². The molecule has 1 heterocycles. The van der Waals surface area contributed by atoms with E-state index in [1.54, 1.807) is 6.92 Å². The normalized spacial score (nSPS) is 12.8. The van der Waals surface area contributed by atoms with Crippen molar-refractivity contribution in [2.45, 2.75) is 24.1 Å². The van der Waals surface area contributed by atoms with Crippen molar-refractivity contribution >= 4 is 16.0 Å². The maximum absolute atomic E-state index is 12.4. The average Bonchev–Trinajstić information content (AvgIpc) is 2.58. The average molecular weight is 255 g/mol. The highest BCUT2D eigenvalue weighted by molar-refractivity contribution is 7.92. The van der Waals surface area contributed by atoms with Crippen molar-refractivity contribution in [1.82, 2.24) is 4.57 Å². The van der Waals surface area contributed by atoms with Crippen molar-refractivity contribution in [3.63, 3.8) is 0 Å². The first kappa shape index (κ1) is 12.8. The Labute approximate surface area is 90.5 Å². The van der Waals surface area contributed by atoms with E-state index in [9.17, 15) is 21.6 Å². The van der Waals surface area contributed by atoms with Crippen LogP contribution < -0.4 is 4.57 Å². The Balaban J connectivity index is 3.54. The van der Waals surface area contributed by atoms with Gasteiger partial charge in [0, 0.05) is 0 Å². The molecule has 1 rings (SSSR count). The summed E-state index contributed by atoms with van der Waals surface area (Å²) in [6.07, 6.45) is 3.46. The van der Waals surface area contributed by atoms with Crippen LogP contribution in [-0.4, -0.2) is 18.5 Å². The van der Waals surface area contributed by atoms with E-state index >= 15 is 0 Å². The van der Waals surface area contributed by atoms with Crippen LogP contribution in [0, 0.1) is 0 Å². The molecule has 0 aliphatic rings. The third-order valence-corrected chi connectivity index (χ3v) is 3.49. The summed E-state index contributed by atoms with van der Waals surface area (Å²) >= 11 is 0. The second kappa shape index (κ2) is 3.93. The number of alkyl halides is 3. The zero-order valence-electron chi connectivity index (χ0n) is 8.40. The molecule has 1 aromatic rings. The Morgan fingerprint density at radius 1 is 1.56 bits per heavy atom. The number of hydrogen-bond acceptors (Lipinski definition) is 2. The summed E-state index contributed by atoms with van der Waals surface area (Å²) in [5, 5.41) is -0.836. The smallest absolute Gasteiger partial charge is 0.220 e. The van der Waals surface area contributed by atoms with Crippen LogP contribution in [0.5, 0.6) is 0 Å². The van der Waals surface area contributed by atoms with Crippen molar-refractivity contribution in [3.05, 3.63) is 19.0 Å². The number of hydrogen-bond donors (Lipinski definition) is 0. The van der Waals surface area contributed by atoms with Gasteiger partial charge in [0.1, 0.15) is 12.4 Å². The van der Waals surface area contributed by atoms with Crippen LogP contribution in [0.15, 0.2) is 24.1 Å². The molecule has 0 unspecified atom stereocenters. The molecule has 16 heavy (non-hydrogen) atoms. The van der Waals surface area contributed by atoms with Gasteiger partial charge in [-0.1, -0.05) is 6.58 Å². The Morgan fingerprint density at radius 3 is 2.50 bits per heavy atom. The standard InChI is InChI=1S/C8H10F3N2O2S/c1-3-12-5-6-13(4-2)7(12)16(14,15)8(9,10)11/h3,5-6H,1,4H2,2H3/q+1. The Morgan fingerprint density at radius 2 is 2.12 bits per heavy atom. The molecule has 0 bridgehead atoms. The molecule has 0 fully saturated rings. The van der Waals surface area contributed by atoms with Crippen molar-refractivity contribution in [2.75, 3.05) is 0 Å². The van der Waals surface area contributed by atoms with Gasteiger partial charge >= 0.3 is 20.5 Å². The summed E-state index contributed by atoms with van der Waals surface area (Å²) in [6.45, 7) is 4.91. The van der Waals surface area contributed by atoms with Crippen LogP contribution in [0.4, 0.5) is 13.2 Å². The van der Waals surface area contributed by atoms with Crippen molar-refractivity contribution in [2.24, 2.45) is 0 Å². The van der Waals surface area contributed by atoms with Gasteiger partial charge in [-0.05, 0) is 6.92 Å². The molecule has 4 nitrogen and oxygen atoms in total. The first-order chi connectivity index (χ1) is 7.25. The van der Waals surface area contributed by atoms with Gasteiger partial charge in [0.2, 0.25) is 0 Å². The predicted octanol–water partition coefficient (Wildman–Crippen LogP) is 1.19. The van der Waals surface area contributed by atoms with Crippen molar-refractivity contribution < 1.29 is 26.2 Å². The largest absolute Gasteiger partial charge is 0.509 e. The van der Waals surface area contributed by atoms with E-state index in [0.717, 1.165) is 15.3 Å². The number of halogens is 3. The van der Waals surface area contributed by atoms with Gasteiger partial charge < -0.3 is 0 Å². The van der Waals surface area contributed by atoms with Gasteiger partial charge in [-0.25, -0.2) is 13.0 Å². The second-order valence-corrected chi connectivity index (χ2v) is 4.74. The molecule has 0 atom stereocenters. The summed E-state index contributed by atoms with van der Waals surface area (Å²) in [7, 11) is -5.36. The maximum Gasteiger partial charge on any atom is 0.509 e. The lowest BCUT2D eigenvalue weighted by atomic mass is 10.7. The quantitative estimate of drug-likeness (QED) is 0.761. The molecule has 0 radical (unpaired) electrons. The lowest BCUT2D eigenvalue weighted by Gasteiger charge is -2.05. The van der Waals surface area contributed by atoms with Crippen LogP contribution >= 0.6 is 0 Å². The molecule has 0 aromatic carbocycles. The summed E-state index contributed by atoms with van der Waals surface area (Å²) in [5.74, 6) is 0. The molecule has 8 heteroatoms. The highest BCUT2D eigenvalue weighted by Crippen LogP contribution is 2.28. The van der Waals surface area contributed by atoms with E-state index in [0.29, 0.717) is 0 Å². The van der Waals surface area contributed by atoms with Crippen molar-refractivity contribution in [1.29, 1.82) is 0 Å². The van der Waals surface area contributed by atoms with Gasteiger partial charge in [0.15, 0.2) is 0 Å². The molecular weight excluding hydrogens is 245 g/mol. The molecule has 0 saturated heterocycles. The highest BCUT2D eigenvalue weighted by Gasteiger charge is 2.54. The number of imidazole rings is 1. The van der Waals surface area contributed by atoms with Gasteiger partial charge in [-0.3, -0.25) is 0 Å². The van der Waals surface area contributed by atoms with Gasteiger partial charge in [0.25, 0.3) is 0 Å². The van der Waals surface area contributed by atoms with Crippen LogP contribution in [0.3, 0.4) is 0 Å². The summed E-state index contributed by atoms with van der Waals surface area (Å²) in [4.78, 5) is 0. The fourth-order valence-corrected chi connectivity index (χ4v) is 2.32. The fraction of sp³-hybridized carbons (Fsp3) is 0.375. The number of sulfone groups is 1. The minimum atomic E-state index is -5.36. The second-order valence-electron chi connectivity index (χ2n) is 2.91. The molecule has 1 aromatic heterocycles. The van der Waals surface area contributed by atoms with E-state index in [1.165, 1.54) is 12.4 Å². The highest BCUT2D eigenvalue weighted by atomic mass is 32.2. The first-order valence-electron chi connectivity index (χ1n) is 4.30. The monoisotopic (exact) mass is 255 g/mol. The van der Waals surface area contributed by atoms with Crippen molar-refractivity contribution in [3.8, 4) is 0 Å². The summed E-state index contributed by atoms with van der Waals surface area (Å²) in [5.41, 5.74) is -5.32. The minimum absolute atomic E-state index is 0.117. The SMILES string of the molecule is C=Cn1cc[n+](CC)c1S(=O)(=O)C(F)(F)F. The Kier molecular flexibility index (Phi) is 3.13. The predicted molar refractivity (Wildman–Crippen MR) is 49.9 cm³/mol.